The number of aromatic nitrogens is 2. The number of hydrogen-bond acceptors (Lipinski definition) is 5. The van der Waals surface area contributed by atoms with E-state index in [1.54, 1.807) is 6.08 Å². The van der Waals surface area contributed by atoms with E-state index in [0.29, 0.717) is 23.7 Å². The highest BCUT2D eigenvalue weighted by atomic mass is 35.5. The van der Waals surface area contributed by atoms with Gasteiger partial charge in [0.15, 0.2) is 5.82 Å². The third kappa shape index (κ3) is 3.99. The minimum absolute atomic E-state index is 0. The second kappa shape index (κ2) is 7.11. The van der Waals surface area contributed by atoms with Crippen LogP contribution in [0.1, 0.15) is 49.4 Å². The van der Waals surface area contributed by atoms with Crippen molar-refractivity contribution in [2.45, 2.75) is 38.6 Å². The Labute approximate surface area is 136 Å². The molecule has 0 aliphatic heterocycles. The lowest BCUT2D eigenvalue weighted by Crippen LogP contribution is -2.24. The van der Waals surface area contributed by atoms with Gasteiger partial charge in [-0.1, -0.05) is 12.1 Å². The van der Waals surface area contributed by atoms with Crippen molar-refractivity contribution < 1.29 is 8.94 Å². The van der Waals surface area contributed by atoms with Gasteiger partial charge in [-0.2, -0.15) is 4.98 Å². The Kier molecular flexibility index (Phi) is 5.42. The largest absolute Gasteiger partial charge is 0.461 e. The molecule has 0 radical (unpaired) electrons. The van der Waals surface area contributed by atoms with Crippen LogP contribution in [0.4, 0.5) is 0 Å². The summed E-state index contributed by atoms with van der Waals surface area (Å²) >= 11 is 0. The molecule has 1 saturated carbocycles. The summed E-state index contributed by atoms with van der Waals surface area (Å²) in [6, 6.07) is 4.37. The molecule has 3 atom stereocenters. The Balaban J connectivity index is 0.00000176. The number of likely N-dealkylation sites (N-methyl/N-ethyl adjacent to an activating group) is 1. The Bertz CT molecular complexity index is 635. The van der Waals surface area contributed by atoms with Crippen molar-refractivity contribution in [3.8, 4) is 0 Å². The lowest BCUT2D eigenvalue weighted by molar-refractivity contribution is 0.400. The molecule has 3 unspecified atom stereocenters. The quantitative estimate of drug-likeness (QED) is 0.881. The SMILES string of the molecule is CNC(C)Cc1noc(/C=C/c2ccc(C3CC3C)o2)n1.Cl. The molecule has 0 saturated heterocycles. The second-order valence-corrected chi connectivity index (χ2v) is 5.84. The van der Waals surface area contributed by atoms with Crippen molar-refractivity contribution in [1.29, 1.82) is 0 Å². The van der Waals surface area contributed by atoms with Crippen molar-refractivity contribution in [3.63, 3.8) is 0 Å². The number of nitrogens with one attached hydrogen (secondary N) is 1. The summed E-state index contributed by atoms with van der Waals surface area (Å²) in [6.07, 6.45) is 5.64. The maximum Gasteiger partial charge on any atom is 0.250 e. The van der Waals surface area contributed by atoms with Crippen LogP contribution in [0.2, 0.25) is 0 Å². The van der Waals surface area contributed by atoms with Crippen LogP contribution in [0.25, 0.3) is 12.2 Å². The van der Waals surface area contributed by atoms with E-state index < -0.39 is 0 Å². The van der Waals surface area contributed by atoms with Gasteiger partial charge in [0, 0.05) is 24.5 Å². The number of rotatable bonds is 6. The zero-order chi connectivity index (χ0) is 14.8. The summed E-state index contributed by atoms with van der Waals surface area (Å²) < 4.78 is 11.0. The first-order valence-corrected chi connectivity index (χ1v) is 7.43. The fourth-order valence-electron chi connectivity index (χ4n) is 2.32. The molecule has 2 heterocycles. The summed E-state index contributed by atoms with van der Waals surface area (Å²) in [5, 5.41) is 7.11. The van der Waals surface area contributed by atoms with Gasteiger partial charge in [0.2, 0.25) is 0 Å². The maximum atomic E-state index is 5.80. The summed E-state index contributed by atoms with van der Waals surface area (Å²) in [5.74, 6) is 4.48. The first-order valence-electron chi connectivity index (χ1n) is 7.43. The summed E-state index contributed by atoms with van der Waals surface area (Å²) in [6.45, 7) is 4.32. The van der Waals surface area contributed by atoms with Crippen molar-refractivity contribution in [2.24, 2.45) is 5.92 Å². The maximum absolute atomic E-state index is 5.80. The predicted octanol–water partition coefficient (Wildman–Crippen LogP) is 3.53. The molecular weight excluding hydrogens is 302 g/mol. The average Bonchev–Trinajstić information content (AvgIpc) is 2.91. The molecule has 2 aromatic rings. The lowest BCUT2D eigenvalue weighted by Gasteiger charge is -2.04. The van der Waals surface area contributed by atoms with E-state index in [4.69, 9.17) is 8.94 Å². The van der Waals surface area contributed by atoms with E-state index in [-0.39, 0.29) is 12.4 Å². The van der Waals surface area contributed by atoms with Gasteiger partial charge >= 0.3 is 0 Å². The van der Waals surface area contributed by atoms with Crippen LogP contribution in [-0.4, -0.2) is 23.2 Å². The molecule has 0 aromatic carbocycles. The standard InChI is InChI=1S/C16H21N3O2.ClH/c1-10-8-13(10)14-6-4-12(20-14)5-7-16-18-15(19-21-16)9-11(2)17-3;/h4-7,10-11,13,17H,8-9H2,1-3H3;1H/b7-5+;. The molecule has 3 rings (SSSR count). The zero-order valence-corrected chi connectivity index (χ0v) is 13.9. The van der Waals surface area contributed by atoms with Crippen LogP contribution < -0.4 is 5.32 Å². The Morgan fingerprint density at radius 1 is 1.41 bits per heavy atom. The molecule has 5 nitrogen and oxygen atoms in total. The molecule has 6 heteroatoms. The minimum Gasteiger partial charge on any atom is -0.461 e. The summed E-state index contributed by atoms with van der Waals surface area (Å²) in [4.78, 5) is 4.33. The van der Waals surface area contributed by atoms with Gasteiger partial charge in [-0.15, -0.1) is 12.4 Å². The molecule has 120 valence electrons. The van der Waals surface area contributed by atoms with Crippen molar-refractivity contribution in [1.82, 2.24) is 15.5 Å². The van der Waals surface area contributed by atoms with E-state index >= 15 is 0 Å². The smallest absolute Gasteiger partial charge is 0.250 e. The molecule has 1 fully saturated rings. The van der Waals surface area contributed by atoms with Gasteiger partial charge < -0.3 is 14.3 Å². The van der Waals surface area contributed by atoms with Crippen LogP contribution >= 0.6 is 12.4 Å². The molecule has 1 aliphatic carbocycles. The van der Waals surface area contributed by atoms with Gasteiger partial charge in [-0.25, -0.2) is 0 Å². The van der Waals surface area contributed by atoms with Crippen LogP contribution in [0.15, 0.2) is 21.1 Å². The van der Waals surface area contributed by atoms with Crippen molar-refractivity contribution in [3.05, 3.63) is 35.4 Å². The number of furan rings is 1. The van der Waals surface area contributed by atoms with Crippen LogP contribution in [0.3, 0.4) is 0 Å². The van der Waals surface area contributed by atoms with Crippen LogP contribution in [0, 0.1) is 5.92 Å². The Morgan fingerprint density at radius 2 is 2.18 bits per heavy atom. The van der Waals surface area contributed by atoms with Gasteiger partial charge in [0.05, 0.1) is 0 Å². The van der Waals surface area contributed by atoms with Crippen molar-refractivity contribution in [2.75, 3.05) is 7.05 Å². The van der Waals surface area contributed by atoms with Gasteiger partial charge in [-0.05, 0) is 44.5 Å². The third-order valence-electron chi connectivity index (χ3n) is 3.98. The first-order chi connectivity index (χ1) is 10.2. The van der Waals surface area contributed by atoms with Crippen molar-refractivity contribution >= 4 is 24.6 Å². The molecular formula is C16H22ClN3O2. The predicted molar refractivity (Wildman–Crippen MR) is 87.9 cm³/mol. The molecule has 0 amide bonds. The second-order valence-electron chi connectivity index (χ2n) is 5.84. The molecule has 2 aromatic heterocycles. The summed E-state index contributed by atoms with van der Waals surface area (Å²) in [7, 11) is 1.92. The van der Waals surface area contributed by atoms with E-state index in [0.717, 1.165) is 23.9 Å². The number of nitrogens with zero attached hydrogens (tertiary/aromatic N) is 2. The Morgan fingerprint density at radius 3 is 2.86 bits per heavy atom. The lowest BCUT2D eigenvalue weighted by atomic mass is 10.2. The first kappa shape index (κ1) is 16.8. The Hall–Kier alpha value is -1.59. The average molecular weight is 324 g/mol. The molecule has 0 bridgehead atoms. The van der Waals surface area contributed by atoms with Crippen LogP contribution in [-0.2, 0) is 6.42 Å². The monoisotopic (exact) mass is 323 g/mol. The van der Waals surface area contributed by atoms with Gasteiger partial charge in [0.1, 0.15) is 11.5 Å². The third-order valence-corrected chi connectivity index (χ3v) is 3.98. The highest BCUT2D eigenvalue weighted by Crippen LogP contribution is 2.47. The van der Waals surface area contributed by atoms with Gasteiger partial charge in [-0.3, -0.25) is 0 Å². The van der Waals surface area contributed by atoms with E-state index in [2.05, 4.69) is 35.4 Å². The molecule has 1 aliphatic rings. The van der Waals surface area contributed by atoms with E-state index in [1.807, 2.05) is 19.2 Å². The molecule has 1 N–H and O–H groups in total. The van der Waals surface area contributed by atoms with Crippen LogP contribution in [0.5, 0.6) is 0 Å². The topological polar surface area (TPSA) is 64.1 Å². The van der Waals surface area contributed by atoms with E-state index in [1.165, 1.54) is 6.42 Å². The van der Waals surface area contributed by atoms with Gasteiger partial charge in [0.25, 0.3) is 5.89 Å². The zero-order valence-electron chi connectivity index (χ0n) is 13.1. The summed E-state index contributed by atoms with van der Waals surface area (Å²) in [5.41, 5.74) is 0. The fourth-order valence-corrected chi connectivity index (χ4v) is 2.32. The normalized spacial score (nSPS) is 21.8. The van der Waals surface area contributed by atoms with E-state index in [9.17, 15) is 0 Å². The number of halogens is 1. The highest BCUT2D eigenvalue weighted by molar-refractivity contribution is 5.85. The molecule has 0 spiro atoms. The molecule has 22 heavy (non-hydrogen) atoms. The highest BCUT2D eigenvalue weighted by Gasteiger charge is 2.36. The fraction of sp³-hybridized carbons (Fsp3) is 0.500. The minimum atomic E-state index is 0. The number of hydrogen-bond donors (Lipinski definition) is 1.